The lowest BCUT2D eigenvalue weighted by Gasteiger charge is -2.21. The highest BCUT2D eigenvalue weighted by Gasteiger charge is 2.30. The Labute approximate surface area is 136 Å². The molecule has 1 saturated carbocycles. The molecule has 1 aliphatic rings. The summed E-state index contributed by atoms with van der Waals surface area (Å²) >= 11 is 1.45. The molecule has 1 fully saturated rings. The van der Waals surface area contributed by atoms with Crippen molar-refractivity contribution in [2.75, 3.05) is 0 Å². The van der Waals surface area contributed by atoms with Crippen molar-refractivity contribution in [1.29, 1.82) is 0 Å². The summed E-state index contributed by atoms with van der Waals surface area (Å²) in [6.07, 6.45) is 3.97. The Hall–Kier alpha value is -2.05. The number of thiazole rings is 1. The summed E-state index contributed by atoms with van der Waals surface area (Å²) in [7, 11) is 0. The highest BCUT2D eigenvalue weighted by Crippen LogP contribution is 2.30. The van der Waals surface area contributed by atoms with Gasteiger partial charge in [0, 0.05) is 42.3 Å². The van der Waals surface area contributed by atoms with Crippen molar-refractivity contribution in [2.24, 2.45) is 0 Å². The van der Waals surface area contributed by atoms with E-state index in [0.717, 1.165) is 18.5 Å². The molecular weight excluding hydrogens is 313 g/mol. The Morgan fingerprint density at radius 1 is 1.30 bits per heavy atom. The molecule has 0 atom stereocenters. The van der Waals surface area contributed by atoms with Crippen LogP contribution in [0.5, 0.6) is 0 Å². The van der Waals surface area contributed by atoms with Gasteiger partial charge in [0.1, 0.15) is 5.82 Å². The van der Waals surface area contributed by atoms with Gasteiger partial charge in [-0.2, -0.15) is 0 Å². The molecule has 0 radical (unpaired) electrons. The number of fused-ring (bicyclic) bond motifs is 1. The molecule has 0 bridgehead atoms. The summed E-state index contributed by atoms with van der Waals surface area (Å²) in [5, 5.41) is 1.85. The SMILES string of the molecule is O=c1cc(CN(Cc2ccccc2F)C2CC2)nc2sccn12. The van der Waals surface area contributed by atoms with Gasteiger partial charge in [-0.15, -0.1) is 11.3 Å². The molecule has 4 nitrogen and oxygen atoms in total. The predicted molar refractivity (Wildman–Crippen MR) is 88.0 cm³/mol. The van der Waals surface area contributed by atoms with E-state index in [9.17, 15) is 9.18 Å². The Balaban J connectivity index is 1.60. The van der Waals surface area contributed by atoms with Crippen LogP contribution in [0, 0.1) is 5.82 Å². The highest BCUT2D eigenvalue weighted by molar-refractivity contribution is 7.15. The van der Waals surface area contributed by atoms with E-state index in [-0.39, 0.29) is 11.4 Å². The summed E-state index contributed by atoms with van der Waals surface area (Å²) in [5.41, 5.74) is 1.38. The van der Waals surface area contributed by atoms with Gasteiger partial charge in [-0.3, -0.25) is 14.1 Å². The number of hydrogen-bond donors (Lipinski definition) is 0. The molecule has 6 heteroatoms. The lowest BCUT2D eigenvalue weighted by atomic mass is 10.2. The van der Waals surface area contributed by atoms with Crippen molar-refractivity contribution < 1.29 is 4.39 Å². The zero-order valence-electron chi connectivity index (χ0n) is 12.5. The van der Waals surface area contributed by atoms with E-state index < -0.39 is 0 Å². The van der Waals surface area contributed by atoms with Crippen LogP contribution in [-0.4, -0.2) is 20.3 Å². The molecule has 1 aliphatic carbocycles. The molecule has 0 spiro atoms. The van der Waals surface area contributed by atoms with Crippen molar-refractivity contribution in [3.63, 3.8) is 0 Å². The highest BCUT2D eigenvalue weighted by atomic mass is 32.1. The zero-order chi connectivity index (χ0) is 15.8. The Morgan fingerprint density at radius 3 is 2.91 bits per heavy atom. The fraction of sp³-hybridized carbons (Fsp3) is 0.294. The van der Waals surface area contributed by atoms with Crippen molar-refractivity contribution in [3.05, 3.63) is 69.3 Å². The maximum absolute atomic E-state index is 13.9. The van der Waals surface area contributed by atoms with Crippen molar-refractivity contribution in [3.8, 4) is 0 Å². The number of hydrogen-bond acceptors (Lipinski definition) is 4. The number of benzene rings is 1. The number of nitrogens with zero attached hydrogens (tertiary/aromatic N) is 3. The first-order chi connectivity index (χ1) is 11.2. The predicted octanol–water partition coefficient (Wildman–Crippen LogP) is 3.06. The third-order valence-corrected chi connectivity index (χ3v) is 4.87. The molecule has 1 aromatic carbocycles. The largest absolute Gasteiger partial charge is 0.290 e. The normalized spacial score (nSPS) is 14.7. The van der Waals surface area contributed by atoms with Gasteiger partial charge in [-0.25, -0.2) is 9.37 Å². The fourth-order valence-corrected chi connectivity index (χ4v) is 3.51. The van der Waals surface area contributed by atoms with Crippen LogP contribution in [0.2, 0.25) is 0 Å². The second-order valence-electron chi connectivity index (χ2n) is 5.87. The van der Waals surface area contributed by atoms with Crippen LogP contribution in [0.3, 0.4) is 0 Å². The van der Waals surface area contributed by atoms with E-state index in [1.165, 1.54) is 17.4 Å². The van der Waals surface area contributed by atoms with Gasteiger partial charge < -0.3 is 0 Å². The summed E-state index contributed by atoms with van der Waals surface area (Å²) in [6, 6.07) is 8.90. The molecule has 0 amide bonds. The summed E-state index contributed by atoms with van der Waals surface area (Å²) < 4.78 is 15.5. The third kappa shape index (κ3) is 3.04. The minimum atomic E-state index is -0.181. The topological polar surface area (TPSA) is 37.6 Å². The van der Waals surface area contributed by atoms with Crippen LogP contribution in [0.1, 0.15) is 24.1 Å². The monoisotopic (exact) mass is 329 g/mol. The van der Waals surface area contributed by atoms with Crippen molar-refractivity contribution in [1.82, 2.24) is 14.3 Å². The minimum Gasteiger partial charge on any atom is -0.290 e. The van der Waals surface area contributed by atoms with Gasteiger partial charge >= 0.3 is 0 Å². The van der Waals surface area contributed by atoms with Gasteiger partial charge in [0.25, 0.3) is 5.56 Å². The van der Waals surface area contributed by atoms with Crippen LogP contribution in [0.15, 0.2) is 46.7 Å². The Kier molecular flexibility index (Phi) is 3.71. The van der Waals surface area contributed by atoms with E-state index in [2.05, 4.69) is 9.88 Å². The van der Waals surface area contributed by atoms with Gasteiger partial charge in [-0.1, -0.05) is 18.2 Å². The second kappa shape index (κ2) is 5.86. The molecule has 3 aromatic rings. The lowest BCUT2D eigenvalue weighted by molar-refractivity contribution is 0.239. The fourth-order valence-electron chi connectivity index (χ4n) is 2.78. The van der Waals surface area contributed by atoms with Crippen LogP contribution in [-0.2, 0) is 13.1 Å². The summed E-state index contributed by atoms with van der Waals surface area (Å²) in [4.78, 5) is 19.6. The van der Waals surface area contributed by atoms with Crippen LogP contribution in [0.25, 0.3) is 4.96 Å². The summed E-state index contributed by atoms with van der Waals surface area (Å²) in [6.45, 7) is 1.12. The molecule has 0 unspecified atom stereocenters. The van der Waals surface area contributed by atoms with Crippen molar-refractivity contribution >= 4 is 16.3 Å². The number of rotatable bonds is 5. The van der Waals surface area contributed by atoms with Gasteiger partial charge in [-0.05, 0) is 18.9 Å². The Bertz CT molecular complexity index is 900. The average Bonchev–Trinajstić information content (AvgIpc) is 3.27. The van der Waals surface area contributed by atoms with E-state index in [0.29, 0.717) is 29.7 Å². The number of halogens is 1. The smallest absolute Gasteiger partial charge is 0.258 e. The first kappa shape index (κ1) is 14.5. The van der Waals surface area contributed by atoms with Crippen LogP contribution in [0.4, 0.5) is 4.39 Å². The van der Waals surface area contributed by atoms with E-state index in [4.69, 9.17) is 0 Å². The molecule has 0 saturated heterocycles. The molecule has 2 aromatic heterocycles. The first-order valence-corrected chi connectivity index (χ1v) is 8.52. The second-order valence-corrected chi connectivity index (χ2v) is 6.74. The first-order valence-electron chi connectivity index (χ1n) is 7.64. The van der Waals surface area contributed by atoms with Crippen LogP contribution >= 0.6 is 11.3 Å². The zero-order valence-corrected chi connectivity index (χ0v) is 13.3. The molecule has 0 N–H and O–H groups in total. The lowest BCUT2D eigenvalue weighted by Crippen LogP contribution is -2.27. The quantitative estimate of drug-likeness (QED) is 0.722. The molecular formula is C17H16FN3OS. The van der Waals surface area contributed by atoms with E-state index >= 15 is 0 Å². The van der Waals surface area contributed by atoms with E-state index in [1.807, 2.05) is 17.5 Å². The third-order valence-electron chi connectivity index (χ3n) is 4.12. The molecule has 4 rings (SSSR count). The van der Waals surface area contributed by atoms with Gasteiger partial charge in [0.2, 0.25) is 0 Å². The summed E-state index contributed by atoms with van der Waals surface area (Å²) in [5.74, 6) is -0.181. The van der Waals surface area contributed by atoms with Crippen molar-refractivity contribution in [2.45, 2.75) is 32.0 Å². The maximum Gasteiger partial charge on any atom is 0.258 e. The van der Waals surface area contributed by atoms with Gasteiger partial charge in [0.15, 0.2) is 4.96 Å². The maximum atomic E-state index is 13.9. The number of aromatic nitrogens is 2. The molecule has 0 aliphatic heterocycles. The molecule has 2 heterocycles. The minimum absolute atomic E-state index is 0.0621. The van der Waals surface area contributed by atoms with Crippen LogP contribution < -0.4 is 5.56 Å². The van der Waals surface area contributed by atoms with Gasteiger partial charge in [0.05, 0.1) is 5.69 Å². The van der Waals surface area contributed by atoms with E-state index in [1.54, 1.807) is 22.7 Å². The Morgan fingerprint density at radius 2 is 2.13 bits per heavy atom. The average molecular weight is 329 g/mol. The standard InChI is InChI=1S/C17H16FN3OS/c18-15-4-2-1-3-12(15)10-20(14-5-6-14)11-13-9-16(22)21-7-8-23-17(21)19-13/h1-4,7-9,14H,5-6,10-11H2. The molecule has 23 heavy (non-hydrogen) atoms. The molecule has 118 valence electrons.